The number of benzene rings is 3. The number of carbonyl (C=O) groups is 2. The number of ether oxygens (including phenoxy) is 1. The lowest BCUT2D eigenvalue weighted by Crippen LogP contribution is -2.31. The van der Waals surface area contributed by atoms with Crippen LogP contribution in [0.4, 0.5) is 0 Å². The summed E-state index contributed by atoms with van der Waals surface area (Å²) >= 11 is 0. The summed E-state index contributed by atoms with van der Waals surface area (Å²) in [4.78, 5) is 31.8. The van der Waals surface area contributed by atoms with Gasteiger partial charge in [0.1, 0.15) is 17.1 Å². The number of aromatic nitrogens is 2. The largest absolute Gasteiger partial charge is 0.497 e. The van der Waals surface area contributed by atoms with Crippen LogP contribution in [0.5, 0.6) is 5.75 Å². The number of imidazole rings is 1. The predicted molar refractivity (Wildman–Crippen MR) is 142 cm³/mol. The Bertz CT molecular complexity index is 1530. The van der Waals surface area contributed by atoms with E-state index >= 15 is 0 Å². The fourth-order valence-electron chi connectivity index (χ4n) is 4.24. The zero-order chi connectivity index (χ0) is 25.6. The van der Waals surface area contributed by atoms with E-state index in [9.17, 15) is 9.59 Å². The first-order valence-corrected chi connectivity index (χ1v) is 11.9. The topological polar surface area (TPSA) is 84.7 Å². The van der Waals surface area contributed by atoms with Crippen LogP contribution in [0.2, 0.25) is 0 Å². The number of methoxy groups -OCH3 is 1. The molecule has 0 aliphatic carbocycles. The molecule has 2 N–H and O–H groups in total. The normalized spacial score (nSPS) is 10.7. The van der Waals surface area contributed by atoms with Crippen LogP contribution < -0.4 is 15.4 Å². The minimum Gasteiger partial charge on any atom is -0.497 e. The van der Waals surface area contributed by atoms with Crippen molar-refractivity contribution in [2.75, 3.05) is 7.11 Å². The van der Waals surface area contributed by atoms with Crippen molar-refractivity contribution < 1.29 is 14.3 Å². The Morgan fingerprint density at radius 3 is 2.00 bits per heavy atom. The summed E-state index contributed by atoms with van der Waals surface area (Å²) < 4.78 is 6.96. The van der Waals surface area contributed by atoms with Gasteiger partial charge in [-0.1, -0.05) is 72.8 Å². The van der Waals surface area contributed by atoms with Gasteiger partial charge in [-0.25, -0.2) is 4.98 Å². The van der Waals surface area contributed by atoms with Gasteiger partial charge >= 0.3 is 0 Å². The zero-order valence-electron chi connectivity index (χ0n) is 20.3. The first-order valence-electron chi connectivity index (χ1n) is 11.9. The van der Waals surface area contributed by atoms with Crippen molar-refractivity contribution in [2.24, 2.45) is 0 Å². The van der Waals surface area contributed by atoms with Crippen LogP contribution in [0.3, 0.4) is 0 Å². The molecule has 37 heavy (non-hydrogen) atoms. The Balaban J connectivity index is 1.59. The van der Waals surface area contributed by atoms with E-state index in [0.717, 1.165) is 16.7 Å². The predicted octanol–water partition coefficient (Wildman–Crippen LogP) is 4.87. The minimum atomic E-state index is -0.368. The summed E-state index contributed by atoms with van der Waals surface area (Å²) in [7, 11) is 1.60. The molecule has 2 aromatic heterocycles. The number of fused-ring (bicyclic) bond motifs is 1. The minimum absolute atomic E-state index is 0.224. The Kier molecular flexibility index (Phi) is 6.94. The molecule has 2 amide bonds. The lowest BCUT2D eigenvalue weighted by Gasteiger charge is -2.17. The molecule has 0 aliphatic heterocycles. The Morgan fingerprint density at radius 2 is 1.41 bits per heavy atom. The lowest BCUT2D eigenvalue weighted by molar-refractivity contribution is 0.0912. The second-order valence-corrected chi connectivity index (χ2v) is 8.50. The molecule has 0 radical (unpaired) electrons. The highest BCUT2D eigenvalue weighted by Gasteiger charge is 2.26. The molecule has 0 saturated carbocycles. The van der Waals surface area contributed by atoms with E-state index in [1.807, 2.05) is 91.0 Å². The third-order valence-corrected chi connectivity index (χ3v) is 6.12. The number of nitrogens with one attached hydrogen (secondary N) is 2. The van der Waals surface area contributed by atoms with Gasteiger partial charge in [-0.2, -0.15) is 0 Å². The molecule has 0 atom stereocenters. The summed E-state index contributed by atoms with van der Waals surface area (Å²) in [5.41, 5.74) is 4.36. The van der Waals surface area contributed by atoms with Gasteiger partial charge in [0.15, 0.2) is 0 Å². The maximum absolute atomic E-state index is 13.8. The smallest absolute Gasteiger partial charge is 0.269 e. The summed E-state index contributed by atoms with van der Waals surface area (Å²) in [6.07, 6.45) is 3.31. The molecule has 3 aromatic carbocycles. The third kappa shape index (κ3) is 5.21. The summed E-state index contributed by atoms with van der Waals surface area (Å²) in [5.74, 6) is -0.0243. The maximum atomic E-state index is 13.8. The molecule has 0 unspecified atom stereocenters. The van der Waals surface area contributed by atoms with Crippen LogP contribution in [-0.4, -0.2) is 28.3 Å². The van der Waals surface area contributed by atoms with Gasteiger partial charge in [0, 0.05) is 31.0 Å². The van der Waals surface area contributed by atoms with E-state index in [0.29, 0.717) is 30.0 Å². The van der Waals surface area contributed by atoms with Crippen LogP contribution in [0, 0.1) is 0 Å². The van der Waals surface area contributed by atoms with E-state index in [1.54, 1.807) is 23.9 Å². The number of carbonyl (C=O) groups excluding carboxylic acids is 2. The van der Waals surface area contributed by atoms with E-state index in [4.69, 9.17) is 4.74 Å². The molecular weight excluding hydrogens is 464 g/mol. The third-order valence-electron chi connectivity index (χ3n) is 6.12. The Labute approximate surface area is 214 Å². The molecule has 0 aliphatic rings. The Morgan fingerprint density at radius 1 is 0.811 bits per heavy atom. The lowest BCUT2D eigenvalue weighted by atomic mass is 9.97. The summed E-state index contributed by atoms with van der Waals surface area (Å²) in [5, 5.41) is 5.97. The average molecular weight is 491 g/mol. The SMILES string of the molecule is COc1ccc(-c2cc3nccn3c(C(=O)NCc3ccccc3)c2C(=O)NCc2ccccc2)cc1. The number of amides is 2. The van der Waals surface area contributed by atoms with Gasteiger partial charge in [-0.3, -0.25) is 14.0 Å². The fraction of sp³-hybridized carbons (Fsp3) is 0.100. The first-order chi connectivity index (χ1) is 18.1. The molecule has 7 nitrogen and oxygen atoms in total. The molecule has 0 spiro atoms. The van der Waals surface area contributed by atoms with Crippen molar-refractivity contribution in [3.63, 3.8) is 0 Å². The molecule has 0 bridgehead atoms. The summed E-state index contributed by atoms with van der Waals surface area (Å²) in [6, 6.07) is 28.5. The molecule has 2 heterocycles. The van der Waals surface area contributed by atoms with E-state index in [1.165, 1.54) is 0 Å². The highest BCUT2D eigenvalue weighted by molar-refractivity contribution is 6.11. The zero-order valence-corrected chi connectivity index (χ0v) is 20.3. The molecule has 184 valence electrons. The molecule has 5 aromatic rings. The number of hydrogen-bond acceptors (Lipinski definition) is 4. The highest BCUT2D eigenvalue weighted by atomic mass is 16.5. The van der Waals surface area contributed by atoms with Gasteiger partial charge in [0.25, 0.3) is 11.8 Å². The maximum Gasteiger partial charge on any atom is 0.269 e. The quantitative estimate of drug-likeness (QED) is 0.325. The van der Waals surface area contributed by atoms with Crippen LogP contribution in [0.25, 0.3) is 16.8 Å². The van der Waals surface area contributed by atoms with Gasteiger partial charge < -0.3 is 15.4 Å². The summed E-state index contributed by atoms with van der Waals surface area (Å²) in [6.45, 7) is 0.655. The van der Waals surface area contributed by atoms with Crippen molar-refractivity contribution in [2.45, 2.75) is 13.1 Å². The van der Waals surface area contributed by atoms with Crippen LogP contribution >= 0.6 is 0 Å². The van der Waals surface area contributed by atoms with Crippen LogP contribution in [-0.2, 0) is 13.1 Å². The van der Waals surface area contributed by atoms with E-state index < -0.39 is 0 Å². The first kappa shape index (κ1) is 23.8. The molecule has 0 fully saturated rings. The second kappa shape index (κ2) is 10.8. The standard InChI is InChI=1S/C30H26N4O3/c1-37-24-14-12-23(13-15-24)25-18-26-31-16-17-34(26)28(30(36)33-20-22-10-6-3-7-11-22)27(25)29(35)32-19-21-8-4-2-5-9-21/h2-18H,19-20H2,1H3,(H,32,35)(H,33,36). The number of rotatable bonds is 8. The van der Waals surface area contributed by atoms with Crippen LogP contribution in [0.15, 0.2) is 103 Å². The van der Waals surface area contributed by atoms with Crippen molar-refractivity contribution in [1.82, 2.24) is 20.0 Å². The average Bonchev–Trinajstić information content (AvgIpc) is 3.43. The number of pyridine rings is 1. The molecular formula is C30H26N4O3. The number of hydrogen-bond donors (Lipinski definition) is 2. The van der Waals surface area contributed by atoms with Gasteiger partial charge in [-0.15, -0.1) is 0 Å². The Hall–Kier alpha value is -4.91. The van der Waals surface area contributed by atoms with Crippen molar-refractivity contribution in [3.8, 4) is 16.9 Å². The van der Waals surface area contributed by atoms with E-state index in [-0.39, 0.29) is 23.1 Å². The highest BCUT2D eigenvalue weighted by Crippen LogP contribution is 2.30. The monoisotopic (exact) mass is 490 g/mol. The van der Waals surface area contributed by atoms with E-state index in [2.05, 4.69) is 15.6 Å². The van der Waals surface area contributed by atoms with Gasteiger partial charge in [0.05, 0.1) is 12.7 Å². The molecule has 7 heteroatoms. The second-order valence-electron chi connectivity index (χ2n) is 8.50. The molecule has 0 saturated heterocycles. The van der Waals surface area contributed by atoms with Crippen molar-refractivity contribution >= 4 is 17.5 Å². The van der Waals surface area contributed by atoms with Gasteiger partial charge in [0.2, 0.25) is 0 Å². The van der Waals surface area contributed by atoms with Gasteiger partial charge in [-0.05, 0) is 34.9 Å². The van der Waals surface area contributed by atoms with Crippen molar-refractivity contribution in [3.05, 3.63) is 126 Å². The molecule has 5 rings (SSSR count). The van der Waals surface area contributed by atoms with Crippen LogP contribution in [0.1, 0.15) is 32.0 Å². The number of nitrogens with zero attached hydrogens (tertiary/aromatic N) is 2. The van der Waals surface area contributed by atoms with Crippen molar-refractivity contribution in [1.29, 1.82) is 0 Å². The fourth-order valence-corrected chi connectivity index (χ4v) is 4.24.